The second-order valence-electron chi connectivity index (χ2n) is 5.78. The molecule has 1 aliphatic rings. The van der Waals surface area contributed by atoms with E-state index in [0.29, 0.717) is 0 Å². The lowest BCUT2D eigenvalue weighted by molar-refractivity contribution is 0.108. The monoisotopic (exact) mass is 297 g/mol. The van der Waals surface area contributed by atoms with Crippen LogP contribution in [0.25, 0.3) is 11.1 Å². The molecule has 0 amide bonds. The van der Waals surface area contributed by atoms with Gasteiger partial charge in [0.25, 0.3) is 0 Å². The number of nitrogens with zero attached hydrogens (tertiary/aromatic N) is 3. The number of aliphatic hydroxyl groups excluding tert-OH is 1. The third-order valence-electron chi connectivity index (χ3n) is 4.21. The van der Waals surface area contributed by atoms with Crippen LogP contribution in [0.5, 0.6) is 0 Å². The first-order valence-corrected chi connectivity index (χ1v) is 7.90. The molecule has 0 saturated carbocycles. The first-order valence-electron chi connectivity index (χ1n) is 7.90. The molecule has 22 heavy (non-hydrogen) atoms. The molecule has 0 spiro atoms. The Kier molecular flexibility index (Phi) is 5.16. The molecule has 0 aliphatic carbocycles. The van der Waals surface area contributed by atoms with Gasteiger partial charge in [0, 0.05) is 51.7 Å². The maximum absolute atomic E-state index is 9.00. The number of hydrogen-bond donors (Lipinski definition) is 1. The number of benzene rings is 1. The molecular formula is C18H23N3O. The van der Waals surface area contributed by atoms with Crippen LogP contribution in [0.2, 0.25) is 0 Å². The van der Waals surface area contributed by atoms with Crippen molar-refractivity contribution in [2.75, 3.05) is 39.3 Å². The van der Waals surface area contributed by atoms with E-state index in [1.165, 1.54) is 11.1 Å². The fourth-order valence-corrected chi connectivity index (χ4v) is 2.95. The number of pyridine rings is 1. The Bertz CT molecular complexity index is 580. The minimum absolute atomic E-state index is 0.257. The first kappa shape index (κ1) is 15.2. The van der Waals surface area contributed by atoms with E-state index in [1.807, 2.05) is 12.3 Å². The Morgan fingerprint density at radius 1 is 0.955 bits per heavy atom. The van der Waals surface area contributed by atoms with Crippen molar-refractivity contribution < 1.29 is 5.11 Å². The Morgan fingerprint density at radius 2 is 1.73 bits per heavy atom. The molecule has 4 heteroatoms. The van der Waals surface area contributed by atoms with Gasteiger partial charge in [-0.15, -0.1) is 0 Å². The van der Waals surface area contributed by atoms with Crippen molar-refractivity contribution in [3.05, 3.63) is 54.4 Å². The zero-order chi connectivity index (χ0) is 15.2. The van der Waals surface area contributed by atoms with Gasteiger partial charge in [-0.1, -0.05) is 24.3 Å². The van der Waals surface area contributed by atoms with Crippen LogP contribution in [0.3, 0.4) is 0 Å². The van der Waals surface area contributed by atoms with Crippen LogP contribution in [0.4, 0.5) is 0 Å². The van der Waals surface area contributed by atoms with Crippen molar-refractivity contribution in [2.24, 2.45) is 0 Å². The van der Waals surface area contributed by atoms with Crippen LogP contribution < -0.4 is 0 Å². The molecule has 1 saturated heterocycles. The van der Waals surface area contributed by atoms with Gasteiger partial charge in [0.15, 0.2) is 0 Å². The Labute approximate surface area is 132 Å². The average Bonchev–Trinajstić information content (AvgIpc) is 2.58. The summed E-state index contributed by atoms with van der Waals surface area (Å²) < 4.78 is 0. The second kappa shape index (κ2) is 7.49. The van der Waals surface area contributed by atoms with E-state index in [1.54, 1.807) is 6.20 Å². The van der Waals surface area contributed by atoms with Gasteiger partial charge in [-0.05, 0) is 28.8 Å². The number of aromatic nitrogens is 1. The van der Waals surface area contributed by atoms with Gasteiger partial charge in [-0.2, -0.15) is 0 Å². The van der Waals surface area contributed by atoms with E-state index >= 15 is 0 Å². The van der Waals surface area contributed by atoms with Gasteiger partial charge in [0.1, 0.15) is 0 Å². The fraction of sp³-hybridized carbons (Fsp3) is 0.389. The molecule has 1 fully saturated rings. The van der Waals surface area contributed by atoms with Crippen molar-refractivity contribution in [3.63, 3.8) is 0 Å². The predicted octanol–water partition coefficient (Wildman–Crippen LogP) is 1.86. The van der Waals surface area contributed by atoms with Crippen molar-refractivity contribution in [2.45, 2.75) is 6.54 Å². The Balaban J connectivity index is 1.62. The van der Waals surface area contributed by atoms with E-state index in [2.05, 4.69) is 45.1 Å². The third kappa shape index (κ3) is 3.91. The number of β-amino-alcohol motifs (C(OH)–C–C–N with tert-alkyl or cyclic N) is 1. The first-order chi connectivity index (χ1) is 10.8. The van der Waals surface area contributed by atoms with Crippen LogP contribution >= 0.6 is 0 Å². The fourth-order valence-electron chi connectivity index (χ4n) is 2.95. The molecule has 1 aromatic heterocycles. The molecule has 1 aromatic carbocycles. The molecule has 0 radical (unpaired) electrons. The molecule has 4 nitrogen and oxygen atoms in total. The van der Waals surface area contributed by atoms with Crippen molar-refractivity contribution in [1.82, 2.24) is 14.8 Å². The summed E-state index contributed by atoms with van der Waals surface area (Å²) in [4.78, 5) is 9.00. The zero-order valence-electron chi connectivity index (χ0n) is 12.9. The second-order valence-corrected chi connectivity index (χ2v) is 5.78. The molecule has 1 aliphatic heterocycles. The Morgan fingerprint density at radius 3 is 2.45 bits per heavy atom. The van der Waals surface area contributed by atoms with Gasteiger partial charge in [-0.3, -0.25) is 14.8 Å². The van der Waals surface area contributed by atoms with Gasteiger partial charge < -0.3 is 5.11 Å². The molecule has 0 atom stereocenters. The van der Waals surface area contributed by atoms with E-state index in [-0.39, 0.29) is 6.61 Å². The van der Waals surface area contributed by atoms with Crippen LogP contribution in [-0.4, -0.2) is 59.2 Å². The van der Waals surface area contributed by atoms with Crippen LogP contribution in [0, 0.1) is 0 Å². The summed E-state index contributed by atoms with van der Waals surface area (Å²) in [7, 11) is 0. The molecule has 2 heterocycles. The van der Waals surface area contributed by atoms with Gasteiger partial charge >= 0.3 is 0 Å². The van der Waals surface area contributed by atoms with E-state index in [9.17, 15) is 0 Å². The highest BCUT2D eigenvalue weighted by Gasteiger charge is 2.16. The summed E-state index contributed by atoms with van der Waals surface area (Å²) in [5.74, 6) is 0. The molecule has 3 rings (SSSR count). The highest BCUT2D eigenvalue weighted by Crippen LogP contribution is 2.20. The van der Waals surface area contributed by atoms with E-state index < -0.39 is 0 Å². The van der Waals surface area contributed by atoms with Gasteiger partial charge in [0.2, 0.25) is 0 Å². The lowest BCUT2D eigenvalue weighted by Gasteiger charge is -2.34. The average molecular weight is 297 g/mol. The van der Waals surface area contributed by atoms with Crippen LogP contribution in [0.1, 0.15) is 5.56 Å². The minimum Gasteiger partial charge on any atom is -0.395 e. The van der Waals surface area contributed by atoms with Crippen LogP contribution in [-0.2, 0) is 6.54 Å². The van der Waals surface area contributed by atoms with Crippen molar-refractivity contribution in [3.8, 4) is 11.1 Å². The largest absolute Gasteiger partial charge is 0.395 e. The maximum Gasteiger partial charge on any atom is 0.0558 e. The van der Waals surface area contributed by atoms with Crippen LogP contribution in [0.15, 0.2) is 48.8 Å². The number of hydrogen-bond acceptors (Lipinski definition) is 4. The smallest absolute Gasteiger partial charge is 0.0558 e. The number of piperazine rings is 1. The summed E-state index contributed by atoms with van der Waals surface area (Å²) in [6.45, 7) is 6.26. The summed E-state index contributed by atoms with van der Waals surface area (Å²) in [5, 5.41) is 9.00. The van der Waals surface area contributed by atoms with Gasteiger partial charge in [0.05, 0.1) is 6.61 Å². The third-order valence-corrected chi connectivity index (χ3v) is 4.21. The lowest BCUT2D eigenvalue weighted by atomic mass is 10.0. The minimum atomic E-state index is 0.257. The highest BCUT2D eigenvalue weighted by atomic mass is 16.3. The lowest BCUT2D eigenvalue weighted by Crippen LogP contribution is -2.46. The quantitative estimate of drug-likeness (QED) is 0.914. The predicted molar refractivity (Wildman–Crippen MR) is 88.5 cm³/mol. The van der Waals surface area contributed by atoms with Crippen molar-refractivity contribution >= 4 is 0 Å². The van der Waals surface area contributed by atoms with Gasteiger partial charge in [-0.25, -0.2) is 0 Å². The van der Waals surface area contributed by atoms with E-state index in [0.717, 1.165) is 44.8 Å². The van der Waals surface area contributed by atoms with Crippen molar-refractivity contribution in [1.29, 1.82) is 0 Å². The van der Waals surface area contributed by atoms with E-state index in [4.69, 9.17) is 5.11 Å². The normalized spacial score (nSPS) is 16.8. The maximum atomic E-state index is 9.00. The molecule has 2 aromatic rings. The molecular weight excluding hydrogens is 274 g/mol. The summed E-state index contributed by atoms with van der Waals surface area (Å²) >= 11 is 0. The topological polar surface area (TPSA) is 39.6 Å². The molecule has 116 valence electrons. The number of aliphatic hydroxyl groups is 1. The zero-order valence-corrected chi connectivity index (χ0v) is 12.9. The number of rotatable bonds is 5. The highest BCUT2D eigenvalue weighted by molar-refractivity contribution is 5.62. The standard InChI is InChI=1S/C18H23N3O/c22-12-11-20-7-9-21(10-8-20)15-16-3-1-4-17(13-16)18-5-2-6-19-14-18/h1-6,13-14,22H,7-12,15H2. The summed E-state index contributed by atoms with van der Waals surface area (Å²) in [5.41, 5.74) is 3.73. The molecule has 1 N–H and O–H groups in total. The Hall–Kier alpha value is -1.75. The molecule has 0 bridgehead atoms. The summed E-state index contributed by atoms with van der Waals surface area (Å²) in [6, 6.07) is 12.8. The SMILES string of the molecule is OCCN1CCN(Cc2cccc(-c3cccnc3)c2)CC1. The molecule has 0 unspecified atom stereocenters. The summed E-state index contributed by atoms with van der Waals surface area (Å²) in [6.07, 6.45) is 3.71.